The van der Waals surface area contributed by atoms with E-state index in [2.05, 4.69) is 62.6 Å². The first-order valence-corrected chi connectivity index (χ1v) is 10.7. The summed E-state index contributed by atoms with van der Waals surface area (Å²) in [7, 11) is 0. The monoisotopic (exact) mass is 401 g/mol. The van der Waals surface area contributed by atoms with Crippen molar-refractivity contribution in [1.29, 1.82) is 0 Å². The lowest BCUT2D eigenvalue weighted by molar-refractivity contribution is -0.119. The molecule has 2 aromatic carbocycles. The molecule has 2 saturated heterocycles. The first kappa shape index (κ1) is 18.9. The van der Waals surface area contributed by atoms with Gasteiger partial charge in [-0.15, -0.1) is 0 Å². The standard InChI is InChI=1S/C24H27N5O/c25-23(30)22-7-3-13-29(22)19-5-1-4-18(14-19)16-8-10-17(11-9-16)21-15-27-24(28-21)20-6-2-12-26-20/h1,4-5,8-11,14-15,20,22,26H,2-3,6-7,12-13H2,(H2,25,30)(H,27,28). The predicted octanol–water partition coefficient (Wildman–Crippen LogP) is 3.62. The summed E-state index contributed by atoms with van der Waals surface area (Å²) in [6, 6.07) is 17.0. The first-order valence-electron chi connectivity index (χ1n) is 10.7. The molecule has 6 nitrogen and oxygen atoms in total. The molecule has 3 aromatic rings. The van der Waals surface area contributed by atoms with Crippen molar-refractivity contribution >= 4 is 11.6 Å². The van der Waals surface area contributed by atoms with Crippen LogP contribution >= 0.6 is 0 Å². The second-order valence-corrected chi connectivity index (χ2v) is 8.21. The average Bonchev–Trinajstić information content (AvgIpc) is 3.55. The summed E-state index contributed by atoms with van der Waals surface area (Å²) < 4.78 is 0. The van der Waals surface area contributed by atoms with E-state index in [1.54, 1.807) is 0 Å². The van der Waals surface area contributed by atoms with E-state index in [-0.39, 0.29) is 11.9 Å². The number of aromatic amines is 1. The number of H-pyrrole nitrogens is 1. The van der Waals surface area contributed by atoms with Crippen molar-refractivity contribution in [2.45, 2.75) is 37.8 Å². The Hall–Kier alpha value is -3.12. The Morgan fingerprint density at radius 3 is 2.63 bits per heavy atom. The van der Waals surface area contributed by atoms with E-state index < -0.39 is 0 Å². The third-order valence-electron chi connectivity index (χ3n) is 6.27. The number of hydrogen-bond donors (Lipinski definition) is 3. The van der Waals surface area contributed by atoms with Crippen molar-refractivity contribution in [2.75, 3.05) is 18.0 Å². The summed E-state index contributed by atoms with van der Waals surface area (Å²) in [5, 5.41) is 3.48. The van der Waals surface area contributed by atoms with Gasteiger partial charge in [-0.2, -0.15) is 0 Å². The lowest BCUT2D eigenvalue weighted by Gasteiger charge is -2.25. The minimum atomic E-state index is -0.242. The fourth-order valence-electron chi connectivity index (χ4n) is 4.66. The van der Waals surface area contributed by atoms with Gasteiger partial charge in [0.2, 0.25) is 5.91 Å². The summed E-state index contributed by atoms with van der Waals surface area (Å²) in [6.07, 6.45) is 6.08. The summed E-state index contributed by atoms with van der Waals surface area (Å²) in [5.41, 5.74) is 11.1. The van der Waals surface area contributed by atoms with E-state index in [0.29, 0.717) is 6.04 Å². The molecule has 3 heterocycles. The van der Waals surface area contributed by atoms with Gasteiger partial charge in [-0.25, -0.2) is 4.98 Å². The molecule has 154 valence electrons. The lowest BCUT2D eigenvalue weighted by atomic mass is 10.0. The van der Waals surface area contributed by atoms with Crippen molar-refractivity contribution in [2.24, 2.45) is 5.73 Å². The fourth-order valence-corrected chi connectivity index (χ4v) is 4.66. The van der Waals surface area contributed by atoms with E-state index in [9.17, 15) is 4.79 Å². The number of nitrogens with two attached hydrogens (primary N) is 1. The molecule has 1 amide bonds. The minimum Gasteiger partial charge on any atom is -0.368 e. The third-order valence-corrected chi connectivity index (χ3v) is 6.27. The van der Waals surface area contributed by atoms with Crippen LogP contribution in [0.4, 0.5) is 5.69 Å². The maximum Gasteiger partial charge on any atom is 0.240 e. The molecule has 4 N–H and O–H groups in total. The van der Waals surface area contributed by atoms with Crippen LogP contribution in [0.2, 0.25) is 0 Å². The molecule has 0 aliphatic carbocycles. The number of anilines is 1. The van der Waals surface area contributed by atoms with Crippen molar-refractivity contribution in [3.8, 4) is 22.4 Å². The van der Waals surface area contributed by atoms with E-state index >= 15 is 0 Å². The number of primary amides is 1. The quantitative estimate of drug-likeness (QED) is 0.609. The Morgan fingerprint density at radius 1 is 1.03 bits per heavy atom. The molecule has 0 spiro atoms. The first-order chi connectivity index (χ1) is 14.7. The van der Waals surface area contributed by atoms with Gasteiger partial charge in [-0.1, -0.05) is 36.4 Å². The number of carbonyl (C=O) groups is 1. The van der Waals surface area contributed by atoms with Crippen LogP contribution < -0.4 is 16.0 Å². The average molecular weight is 402 g/mol. The van der Waals surface area contributed by atoms with Gasteiger partial charge in [-0.05, 0) is 61.1 Å². The Morgan fingerprint density at radius 2 is 1.87 bits per heavy atom. The van der Waals surface area contributed by atoms with Gasteiger partial charge in [0.05, 0.1) is 17.9 Å². The summed E-state index contributed by atoms with van der Waals surface area (Å²) in [5.74, 6) is 0.780. The SMILES string of the molecule is NC(=O)C1CCCN1c1cccc(-c2ccc(-c3cnc(C4CCCN4)[nH]3)cc2)c1. The molecule has 5 rings (SSSR count). The number of aromatic nitrogens is 2. The highest BCUT2D eigenvalue weighted by atomic mass is 16.1. The highest BCUT2D eigenvalue weighted by Gasteiger charge is 2.29. The number of carbonyl (C=O) groups excluding carboxylic acids is 1. The van der Waals surface area contributed by atoms with E-state index in [0.717, 1.165) is 66.2 Å². The number of nitrogens with zero attached hydrogens (tertiary/aromatic N) is 2. The van der Waals surface area contributed by atoms with Crippen LogP contribution in [0.3, 0.4) is 0 Å². The van der Waals surface area contributed by atoms with Crippen molar-refractivity contribution in [3.63, 3.8) is 0 Å². The predicted molar refractivity (Wildman–Crippen MR) is 119 cm³/mol. The second-order valence-electron chi connectivity index (χ2n) is 8.21. The zero-order valence-corrected chi connectivity index (χ0v) is 17.0. The maximum atomic E-state index is 11.8. The van der Waals surface area contributed by atoms with E-state index in [1.165, 1.54) is 6.42 Å². The summed E-state index contributed by atoms with van der Waals surface area (Å²) in [6.45, 7) is 1.93. The van der Waals surface area contributed by atoms with Crippen molar-refractivity contribution in [3.05, 3.63) is 60.6 Å². The molecule has 2 atom stereocenters. The van der Waals surface area contributed by atoms with Crippen molar-refractivity contribution in [1.82, 2.24) is 15.3 Å². The molecule has 6 heteroatoms. The van der Waals surface area contributed by atoms with Gasteiger partial charge in [-0.3, -0.25) is 4.79 Å². The molecule has 2 aliphatic heterocycles. The molecule has 2 aliphatic rings. The van der Waals surface area contributed by atoms with Crippen LogP contribution in [0.15, 0.2) is 54.7 Å². The van der Waals surface area contributed by atoms with Gasteiger partial charge in [0.1, 0.15) is 11.9 Å². The zero-order chi connectivity index (χ0) is 20.5. The van der Waals surface area contributed by atoms with Gasteiger partial charge < -0.3 is 20.9 Å². The van der Waals surface area contributed by atoms with Gasteiger partial charge in [0, 0.05) is 12.2 Å². The van der Waals surface area contributed by atoms with Crippen LogP contribution in [0.25, 0.3) is 22.4 Å². The Labute approximate surface area is 176 Å². The van der Waals surface area contributed by atoms with Crippen LogP contribution in [-0.2, 0) is 4.79 Å². The minimum absolute atomic E-state index is 0.202. The fraction of sp³-hybridized carbons (Fsp3) is 0.333. The van der Waals surface area contributed by atoms with Gasteiger partial charge in [0.15, 0.2) is 0 Å². The van der Waals surface area contributed by atoms with Crippen LogP contribution in [0.5, 0.6) is 0 Å². The van der Waals surface area contributed by atoms with Gasteiger partial charge >= 0.3 is 0 Å². The molecule has 0 bridgehead atoms. The largest absolute Gasteiger partial charge is 0.368 e. The van der Waals surface area contributed by atoms with Gasteiger partial charge in [0.25, 0.3) is 0 Å². The summed E-state index contributed by atoms with van der Waals surface area (Å²) >= 11 is 0. The smallest absolute Gasteiger partial charge is 0.240 e. The van der Waals surface area contributed by atoms with Crippen LogP contribution in [-0.4, -0.2) is 35.0 Å². The Balaban J connectivity index is 1.36. The topological polar surface area (TPSA) is 87.0 Å². The molecular formula is C24H27N5O. The highest BCUT2D eigenvalue weighted by Crippen LogP contribution is 2.31. The third kappa shape index (κ3) is 3.59. The zero-order valence-electron chi connectivity index (χ0n) is 17.0. The second kappa shape index (κ2) is 7.95. The van der Waals surface area contributed by atoms with Crippen LogP contribution in [0.1, 0.15) is 37.5 Å². The normalized spacial score (nSPS) is 21.3. The molecular weight excluding hydrogens is 374 g/mol. The Bertz CT molecular complexity index is 1040. The van der Waals surface area contributed by atoms with E-state index in [1.807, 2.05) is 12.3 Å². The molecule has 0 saturated carbocycles. The molecule has 30 heavy (non-hydrogen) atoms. The molecule has 1 aromatic heterocycles. The van der Waals surface area contributed by atoms with Crippen molar-refractivity contribution < 1.29 is 4.79 Å². The summed E-state index contributed by atoms with van der Waals surface area (Å²) in [4.78, 5) is 21.9. The number of hydrogen-bond acceptors (Lipinski definition) is 4. The molecule has 0 radical (unpaired) electrons. The lowest BCUT2D eigenvalue weighted by Crippen LogP contribution is -2.40. The highest BCUT2D eigenvalue weighted by molar-refractivity contribution is 5.85. The molecule has 2 unspecified atom stereocenters. The van der Waals surface area contributed by atoms with E-state index in [4.69, 9.17) is 5.73 Å². The van der Waals surface area contributed by atoms with Crippen LogP contribution in [0, 0.1) is 0 Å². The number of amides is 1. The maximum absolute atomic E-state index is 11.8. The Kier molecular flexibility index (Phi) is 5.01. The number of rotatable bonds is 5. The number of imidazole rings is 1. The number of benzene rings is 2. The number of nitrogens with one attached hydrogen (secondary N) is 2. The molecule has 2 fully saturated rings.